The fourth-order valence-corrected chi connectivity index (χ4v) is 1.79. The second-order valence-electron chi connectivity index (χ2n) is 2.97. The van der Waals surface area contributed by atoms with Gasteiger partial charge < -0.3 is 4.74 Å². The molecule has 0 amide bonds. The molecule has 0 N–H and O–H groups in total. The lowest BCUT2D eigenvalue weighted by molar-refractivity contribution is -0.141. The molecule has 0 saturated heterocycles. The van der Waals surface area contributed by atoms with Crippen LogP contribution in [0.5, 0.6) is 0 Å². The molecule has 0 bridgehead atoms. The molecule has 2 aromatic heterocycles. The van der Waals surface area contributed by atoms with E-state index in [1.807, 2.05) is 18.2 Å². The van der Waals surface area contributed by atoms with Crippen molar-refractivity contribution in [1.29, 1.82) is 0 Å². The Morgan fingerprint density at radius 2 is 2.41 bits per heavy atom. The molecule has 0 fully saturated rings. The minimum absolute atomic E-state index is 0.0152. The van der Waals surface area contributed by atoms with E-state index in [0.29, 0.717) is 5.16 Å². The summed E-state index contributed by atoms with van der Waals surface area (Å²) in [6.07, 6.45) is 1.68. The third-order valence-electron chi connectivity index (χ3n) is 1.84. The number of hydrogen-bond acceptors (Lipinski definition) is 7. The first-order valence-electron chi connectivity index (χ1n) is 4.71. The maximum absolute atomic E-state index is 11.1. The Morgan fingerprint density at radius 1 is 1.53 bits per heavy atom. The van der Waals surface area contributed by atoms with Crippen molar-refractivity contribution in [2.75, 3.05) is 7.11 Å². The van der Waals surface area contributed by atoms with Crippen LogP contribution in [0.3, 0.4) is 0 Å². The second-order valence-corrected chi connectivity index (χ2v) is 3.95. The molecule has 17 heavy (non-hydrogen) atoms. The van der Waals surface area contributed by atoms with Gasteiger partial charge in [0.25, 0.3) is 0 Å². The van der Waals surface area contributed by atoms with E-state index in [0.717, 1.165) is 5.03 Å². The third-order valence-corrected chi connectivity index (χ3v) is 2.76. The van der Waals surface area contributed by atoms with Crippen LogP contribution in [0.1, 0.15) is 0 Å². The van der Waals surface area contributed by atoms with Crippen LogP contribution >= 0.6 is 11.8 Å². The quantitative estimate of drug-likeness (QED) is 0.727. The van der Waals surface area contributed by atoms with Crippen LogP contribution in [-0.2, 0) is 16.1 Å². The van der Waals surface area contributed by atoms with E-state index in [4.69, 9.17) is 0 Å². The van der Waals surface area contributed by atoms with Gasteiger partial charge in [0.1, 0.15) is 11.6 Å². The van der Waals surface area contributed by atoms with E-state index in [9.17, 15) is 4.79 Å². The average Bonchev–Trinajstić information content (AvgIpc) is 2.78. The number of pyridine rings is 1. The first kappa shape index (κ1) is 11.5. The van der Waals surface area contributed by atoms with Gasteiger partial charge in [0, 0.05) is 6.20 Å². The van der Waals surface area contributed by atoms with Gasteiger partial charge in [0.15, 0.2) is 0 Å². The summed E-state index contributed by atoms with van der Waals surface area (Å²) in [4.78, 5) is 15.3. The fraction of sp³-hybridized carbons (Fsp3) is 0.222. The molecule has 8 heteroatoms. The lowest BCUT2D eigenvalue weighted by Crippen LogP contribution is -2.13. The number of rotatable bonds is 4. The molecule has 0 spiro atoms. The van der Waals surface area contributed by atoms with Crippen molar-refractivity contribution in [1.82, 2.24) is 25.2 Å². The van der Waals surface area contributed by atoms with Crippen molar-refractivity contribution in [2.24, 2.45) is 0 Å². The van der Waals surface area contributed by atoms with E-state index in [-0.39, 0.29) is 6.54 Å². The number of aromatic nitrogens is 5. The average molecular weight is 251 g/mol. The van der Waals surface area contributed by atoms with Gasteiger partial charge in [-0.1, -0.05) is 6.07 Å². The first-order valence-corrected chi connectivity index (χ1v) is 5.53. The first-order chi connectivity index (χ1) is 8.29. The van der Waals surface area contributed by atoms with E-state index < -0.39 is 5.97 Å². The number of tetrazole rings is 1. The summed E-state index contributed by atoms with van der Waals surface area (Å²) in [5.41, 5.74) is 0. The zero-order chi connectivity index (χ0) is 12.1. The van der Waals surface area contributed by atoms with E-state index >= 15 is 0 Å². The van der Waals surface area contributed by atoms with Gasteiger partial charge in [0.05, 0.1) is 7.11 Å². The highest BCUT2D eigenvalue weighted by Gasteiger charge is 2.12. The van der Waals surface area contributed by atoms with Gasteiger partial charge in [-0.3, -0.25) is 4.79 Å². The Bertz CT molecular complexity index is 501. The summed E-state index contributed by atoms with van der Waals surface area (Å²) in [7, 11) is 1.32. The number of hydrogen-bond donors (Lipinski definition) is 0. The summed E-state index contributed by atoms with van der Waals surface area (Å²) < 4.78 is 5.91. The van der Waals surface area contributed by atoms with Gasteiger partial charge in [-0.25, -0.2) is 9.67 Å². The largest absolute Gasteiger partial charge is 0.468 e. The smallest absolute Gasteiger partial charge is 0.327 e. The van der Waals surface area contributed by atoms with Crippen molar-refractivity contribution in [3.8, 4) is 0 Å². The summed E-state index contributed by atoms with van der Waals surface area (Å²) in [5.74, 6) is -0.403. The van der Waals surface area contributed by atoms with Crippen molar-refractivity contribution in [3.63, 3.8) is 0 Å². The highest BCUT2D eigenvalue weighted by atomic mass is 32.2. The molecule has 0 aliphatic carbocycles. The molecule has 0 atom stereocenters. The van der Waals surface area contributed by atoms with Crippen LogP contribution in [-0.4, -0.2) is 38.3 Å². The molecule has 88 valence electrons. The summed E-state index contributed by atoms with van der Waals surface area (Å²) in [5, 5.41) is 12.3. The standard InChI is InChI=1S/C9H9N5O2S/c1-16-8(15)6-14-9(11-12-13-14)17-7-4-2-3-5-10-7/h2-5H,6H2,1H3. The van der Waals surface area contributed by atoms with Gasteiger partial charge >= 0.3 is 5.97 Å². The monoisotopic (exact) mass is 251 g/mol. The Labute approximate surface area is 101 Å². The van der Waals surface area contributed by atoms with Gasteiger partial charge in [-0.2, -0.15) is 0 Å². The van der Waals surface area contributed by atoms with Crippen molar-refractivity contribution in [3.05, 3.63) is 24.4 Å². The van der Waals surface area contributed by atoms with Gasteiger partial charge in [-0.15, -0.1) is 5.10 Å². The minimum Gasteiger partial charge on any atom is -0.468 e. The van der Waals surface area contributed by atoms with Crippen LogP contribution in [0.25, 0.3) is 0 Å². The Morgan fingerprint density at radius 3 is 3.12 bits per heavy atom. The van der Waals surface area contributed by atoms with E-state index in [1.54, 1.807) is 6.20 Å². The Balaban J connectivity index is 2.12. The Hall–Kier alpha value is -1.96. The molecule has 0 saturated carbocycles. The molecule has 0 aliphatic heterocycles. The molecule has 7 nitrogen and oxygen atoms in total. The van der Waals surface area contributed by atoms with Gasteiger partial charge in [0.2, 0.25) is 5.16 Å². The highest BCUT2D eigenvalue weighted by Crippen LogP contribution is 2.22. The minimum atomic E-state index is -0.403. The maximum Gasteiger partial charge on any atom is 0.327 e. The normalized spacial score (nSPS) is 10.2. The number of carbonyl (C=O) groups is 1. The third kappa shape index (κ3) is 3.00. The zero-order valence-electron chi connectivity index (χ0n) is 8.98. The molecule has 0 aliphatic rings. The number of esters is 1. The molecule has 0 unspecified atom stereocenters. The number of carbonyl (C=O) groups excluding carboxylic acids is 1. The maximum atomic E-state index is 11.1. The topological polar surface area (TPSA) is 82.8 Å². The molecule has 2 aromatic rings. The van der Waals surface area contributed by atoms with E-state index in [2.05, 4.69) is 25.2 Å². The SMILES string of the molecule is COC(=O)Cn1nnnc1Sc1ccccn1. The molecule has 2 heterocycles. The van der Waals surface area contributed by atoms with Crippen molar-refractivity contribution < 1.29 is 9.53 Å². The number of methoxy groups -OCH3 is 1. The molecule has 0 aromatic carbocycles. The van der Waals surface area contributed by atoms with E-state index in [1.165, 1.54) is 23.6 Å². The van der Waals surface area contributed by atoms with Crippen LogP contribution in [0.15, 0.2) is 34.6 Å². The van der Waals surface area contributed by atoms with Gasteiger partial charge in [-0.05, 0) is 34.3 Å². The van der Waals surface area contributed by atoms with Crippen molar-refractivity contribution in [2.45, 2.75) is 16.7 Å². The van der Waals surface area contributed by atoms with Crippen LogP contribution < -0.4 is 0 Å². The summed E-state index contributed by atoms with van der Waals surface area (Å²) >= 11 is 1.28. The number of ether oxygens (including phenoxy) is 1. The van der Waals surface area contributed by atoms with Crippen LogP contribution in [0.2, 0.25) is 0 Å². The Kier molecular flexibility index (Phi) is 3.66. The summed E-state index contributed by atoms with van der Waals surface area (Å²) in [6, 6.07) is 5.52. The summed E-state index contributed by atoms with van der Waals surface area (Å²) in [6.45, 7) is -0.0152. The second kappa shape index (κ2) is 5.39. The van der Waals surface area contributed by atoms with Crippen molar-refractivity contribution >= 4 is 17.7 Å². The lowest BCUT2D eigenvalue weighted by atomic mass is 10.5. The number of nitrogens with zero attached hydrogens (tertiary/aromatic N) is 5. The molecule has 2 rings (SSSR count). The molecular weight excluding hydrogens is 242 g/mol. The fourth-order valence-electron chi connectivity index (χ4n) is 1.06. The van der Waals surface area contributed by atoms with Crippen LogP contribution in [0, 0.1) is 0 Å². The highest BCUT2D eigenvalue weighted by molar-refractivity contribution is 7.99. The molecule has 0 radical (unpaired) electrons. The van der Waals surface area contributed by atoms with Crippen LogP contribution in [0.4, 0.5) is 0 Å². The molecular formula is C9H9N5O2S. The zero-order valence-corrected chi connectivity index (χ0v) is 9.79. The predicted molar refractivity (Wildman–Crippen MR) is 58.2 cm³/mol. The predicted octanol–water partition coefficient (Wildman–Crippen LogP) is 0.392. The lowest BCUT2D eigenvalue weighted by Gasteiger charge is -2.01.